The second-order valence-corrected chi connectivity index (χ2v) is 13.1. The van der Waals surface area contributed by atoms with E-state index < -0.39 is 72.5 Å². The number of ether oxygens (including phenoxy) is 6. The molecule has 4 heterocycles. The van der Waals surface area contributed by atoms with Crippen molar-refractivity contribution in [3.63, 3.8) is 0 Å². The first kappa shape index (κ1) is 39.7. The molecule has 2 aliphatic rings. The van der Waals surface area contributed by atoms with Crippen molar-refractivity contribution < 1.29 is 56.8 Å². The molecule has 0 saturated carbocycles. The van der Waals surface area contributed by atoms with Gasteiger partial charge in [-0.2, -0.15) is 0 Å². The summed E-state index contributed by atoms with van der Waals surface area (Å²) in [6, 6.07) is 4.37. The van der Waals surface area contributed by atoms with Gasteiger partial charge in [0.2, 0.25) is 12.4 Å². The van der Waals surface area contributed by atoms with Crippen molar-refractivity contribution in [2.75, 3.05) is 5.32 Å². The van der Waals surface area contributed by atoms with Gasteiger partial charge in [-0.15, -0.1) is 12.3 Å². The fraction of sp³-hybridized carbons (Fsp3) is 0.514. The molecule has 0 unspecified atom stereocenters. The predicted octanol–water partition coefficient (Wildman–Crippen LogP) is 4.64. The maximum absolute atomic E-state index is 15.1. The molecule has 2 fully saturated rings. The van der Waals surface area contributed by atoms with Gasteiger partial charge in [0.25, 0.3) is 0 Å². The molecule has 17 heteroatoms. The Labute approximate surface area is 310 Å². The summed E-state index contributed by atoms with van der Waals surface area (Å²) in [6.45, 7) is 8.62. The number of amides is 1. The maximum Gasteiger partial charge on any atom is 0.413 e. The van der Waals surface area contributed by atoms with Gasteiger partial charge in [-0.25, -0.2) is 24.1 Å². The van der Waals surface area contributed by atoms with E-state index in [9.17, 15) is 24.0 Å². The molecule has 0 spiro atoms. The lowest BCUT2D eigenvalue weighted by Gasteiger charge is -2.43. The van der Waals surface area contributed by atoms with E-state index >= 15 is 4.39 Å². The summed E-state index contributed by atoms with van der Waals surface area (Å²) in [7, 11) is 0. The number of nitrogens with one attached hydrogen (secondary N) is 1. The van der Waals surface area contributed by atoms with E-state index in [1.165, 1.54) is 49.3 Å². The minimum atomic E-state index is -1.48. The van der Waals surface area contributed by atoms with Gasteiger partial charge in [-0.05, 0) is 31.0 Å². The Bertz CT molecular complexity index is 1950. The Morgan fingerprint density at radius 2 is 1.72 bits per heavy atom. The van der Waals surface area contributed by atoms with Gasteiger partial charge in [0.1, 0.15) is 24.8 Å². The molecule has 1 N–H and O–H groups in total. The molecule has 0 bridgehead atoms. The van der Waals surface area contributed by atoms with Crippen molar-refractivity contribution in [3.8, 4) is 18.1 Å². The quantitative estimate of drug-likeness (QED) is 0.110. The van der Waals surface area contributed by atoms with Crippen molar-refractivity contribution in [1.82, 2.24) is 19.5 Å². The minimum Gasteiger partial charge on any atom is -0.460 e. The zero-order valence-electron chi connectivity index (χ0n) is 30.6. The second-order valence-electron chi connectivity index (χ2n) is 13.1. The lowest BCUT2D eigenvalue weighted by molar-refractivity contribution is -0.261. The fourth-order valence-corrected chi connectivity index (χ4v) is 6.59. The standard InChI is InChI=1S/C37H42FN5O11/c1-8-10-11-25(47)24-14-23(12-13-27(24)53-36-32(51-22(7)46)31(50-21(6)45)19(4)30(54-36)20(5)44)15-49-37(48)42-33-29-34(40-16-39-33)43(17-41-29)35-28(38)18(3)26(9-2)52-35/h1,12-14,16-19,26,28,30-32,35-36H,9-11,15H2,2-7H3,(H,39,40,42,48)/t18-,19-,26-,28-,30+,31+,32-,35-,36-/m1/s1. The SMILES string of the molecule is C#CCCC(=O)c1cc(COC(=O)Nc2ncnc3c2ncn3[C@@H]2O[C@H](CC)[C@@H](C)[C@H]2F)ccc1O[C@@H]1O[C@H](C(C)=O)[C@@H](C)[C@H](OC(C)=O)[C@H]1OC(C)=O. The number of hydrogen-bond acceptors (Lipinski definition) is 14. The Kier molecular flexibility index (Phi) is 12.6. The van der Waals surface area contributed by atoms with Crippen molar-refractivity contribution >= 4 is 46.6 Å². The van der Waals surface area contributed by atoms with E-state index in [-0.39, 0.29) is 59.8 Å². The van der Waals surface area contributed by atoms with Crippen LogP contribution in [0, 0.1) is 24.2 Å². The number of Topliss-reactive ketones (excluding diaryl/α,β-unsaturated/α-hetero) is 2. The van der Waals surface area contributed by atoms with Gasteiger partial charge in [0.05, 0.1) is 18.0 Å². The third-order valence-electron chi connectivity index (χ3n) is 9.26. The number of benzene rings is 1. The molecule has 3 aromatic rings. The van der Waals surface area contributed by atoms with Crippen LogP contribution in [0.4, 0.5) is 15.0 Å². The van der Waals surface area contributed by atoms with Crippen molar-refractivity contribution in [3.05, 3.63) is 42.0 Å². The van der Waals surface area contributed by atoms with Crippen LogP contribution in [0.25, 0.3) is 11.2 Å². The number of anilines is 1. The number of halogens is 1. The number of nitrogens with zero attached hydrogens (tertiary/aromatic N) is 4. The maximum atomic E-state index is 15.1. The van der Waals surface area contributed by atoms with Gasteiger partial charge in [0, 0.05) is 38.5 Å². The van der Waals surface area contributed by atoms with Crippen LogP contribution in [0.2, 0.25) is 0 Å². The van der Waals surface area contributed by atoms with Crippen LogP contribution in [-0.4, -0.2) is 86.0 Å². The summed E-state index contributed by atoms with van der Waals surface area (Å²) in [4.78, 5) is 75.6. The van der Waals surface area contributed by atoms with Gasteiger partial charge < -0.3 is 28.4 Å². The van der Waals surface area contributed by atoms with Gasteiger partial charge in [0.15, 0.2) is 47.1 Å². The summed E-state index contributed by atoms with van der Waals surface area (Å²) >= 11 is 0. The first-order valence-electron chi connectivity index (χ1n) is 17.4. The zero-order chi connectivity index (χ0) is 39.3. The van der Waals surface area contributed by atoms with Crippen LogP contribution in [0.5, 0.6) is 5.75 Å². The third-order valence-corrected chi connectivity index (χ3v) is 9.26. The molecule has 0 radical (unpaired) electrons. The van der Waals surface area contributed by atoms with Crippen LogP contribution in [0.1, 0.15) is 83.0 Å². The number of carbonyl (C=O) groups is 5. The van der Waals surface area contributed by atoms with Crippen molar-refractivity contribution in [2.24, 2.45) is 11.8 Å². The molecule has 1 aromatic carbocycles. The van der Waals surface area contributed by atoms with Gasteiger partial charge in [-0.1, -0.05) is 26.8 Å². The molecule has 2 saturated heterocycles. The summed E-state index contributed by atoms with van der Waals surface area (Å²) in [6.07, 6.45) is 0.231. The van der Waals surface area contributed by atoms with Crippen LogP contribution in [-0.2, 0) is 44.7 Å². The van der Waals surface area contributed by atoms with Crippen molar-refractivity contribution in [1.29, 1.82) is 0 Å². The van der Waals surface area contributed by atoms with E-state index in [1.54, 1.807) is 13.8 Å². The first-order valence-corrected chi connectivity index (χ1v) is 17.4. The lowest BCUT2D eigenvalue weighted by Crippen LogP contribution is -2.59. The fourth-order valence-electron chi connectivity index (χ4n) is 6.59. The predicted molar refractivity (Wildman–Crippen MR) is 186 cm³/mol. The number of alkyl halides is 1. The molecule has 5 rings (SSSR count). The highest BCUT2D eigenvalue weighted by atomic mass is 19.1. The highest BCUT2D eigenvalue weighted by molar-refractivity contribution is 5.99. The molecular weight excluding hydrogens is 709 g/mol. The van der Waals surface area contributed by atoms with Crippen LogP contribution < -0.4 is 10.1 Å². The summed E-state index contributed by atoms with van der Waals surface area (Å²) in [5.74, 6) is -0.870. The summed E-state index contributed by atoms with van der Waals surface area (Å²) in [5, 5.41) is 2.53. The average molecular weight is 752 g/mol. The van der Waals surface area contributed by atoms with Crippen LogP contribution in [0.15, 0.2) is 30.9 Å². The summed E-state index contributed by atoms with van der Waals surface area (Å²) in [5.41, 5.74) is 0.848. The average Bonchev–Trinajstić information content (AvgIpc) is 3.68. The molecule has 2 aliphatic heterocycles. The smallest absolute Gasteiger partial charge is 0.413 e. The molecule has 16 nitrogen and oxygen atoms in total. The molecule has 0 aliphatic carbocycles. The van der Waals surface area contributed by atoms with E-state index in [0.29, 0.717) is 12.0 Å². The monoisotopic (exact) mass is 751 g/mol. The summed E-state index contributed by atoms with van der Waals surface area (Å²) < 4.78 is 51.0. The van der Waals surface area contributed by atoms with Crippen LogP contribution in [0.3, 0.4) is 0 Å². The van der Waals surface area contributed by atoms with E-state index in [0.717, 1.165) is 6.92 Å². The minimum absolute atomic E-state index is 0.0196. The Morgan fingerprint density at radius 1 is 1.00 bits per heavy atom. The number of terminal acetylenes is 1. The topological polar surface area (TPSA) is 196 Å². The zero-order valence-corrected chi connectivity index (χ0v) is 30.6. The molecule has 1 amide bonds. The number of esters is 2. The number of imidazole rings is 1. The number of aromatic nitrogens is 4. The highest BCUT2D eigenvalue weighted by Gasteiger charge is 2.51. The third kappa shape index (κ3) is 8.66. The Balaban J connectivity index is 1.35. The first-order chi connectivity index (χ1) is 25.7. The van der Waals surface area contributed by atoms with Crippen molar-refractivity contribution in [2.45, 2.75) is 111 Å². The highest BCUT2D eigenvalue weighted by Crippen LogP contribution is 2.39. The molecule has 288 valence electrons. The molecular formula is C37H42FN5O11. The Hall–Kier alpha value is -5.47. The van der Waals surface area contributed by atoms with Gasteiger partial charge >= 0.3 is 18.0 Å². The van der Waals surface area contributed by atoms with E-state index in [2.05, 4.69) is 26.2 Å². The van der Waals surface area contributed by atoms with Crippen LogP contribution >= 0.6 is 0 Å². The molecule has 2 aromatic heterocycles. The molecule has 9 atom stereocenters. The second kappa shape index (κ2) is 17.1. The Morgan fingerprint density at radius 3 is 2.37 bits per heavy atom. The number of rotatable bonds is 13. The molecule has 54 heavy (non-hydrogen) atoms. The lowest BCUT2D eigenvalue weighted by atomic mass is 9.88. The number of fused-ring (bicyclic) bond motifs is 1. The largest absolute Gasteiger partial charge is 0.460 e. The number of hydrogen-bond donors (Lipinski definition) is 1. The normalized spacial score (nSPS) is 26.4. The van der Waals surface area contributed by atoms with E-state index in [1.807, 2.05) is 6.92 Å². The number of carbonyl (C=O) groups excluding carboxylic acids is 5. The number of ketones is 2. The van der Waals surface area contributed by atoms with Gasteiger partial charge in [-0.3, -0.25) is 29.1 Å². The van der Waals surface area contributed by atoms with E-state index in [4.69, 9.17) is 34.8 Å².